The normalized spacial score (nSPS) is 39.4. The SMILES string of the molecule is COC(=O)C(C)CCCC(C)C1CCC2C3C(CCC12C)C1(C)CC[C@H](O[Si](C)(C)C)CC1=C[C@@H]3O[Si](C)(C)C. The quantitative estimate of drug-likeness (QED) is 0.144. The van der Waals surface area contributed by atoms with E-state index in [4.69, 9.17) is 13.6 Å². The molecule has 3 fully saturated rings. The van der Waals surface area contributed by atoms with Gasteiger partial charge in [-0.2, -0.15) is 0 Å². The largest absolute Gasteiger partial charge is 0.469 e. The van der Waals surface area contributed by atoms with Gasteiger partial charge in [-0.25, -0.2) is 0 Å². The number of ether oxygens (including phenoxy) is 1. The van der Waals surface area contributed by atoms with Crippen LogP contribution in [-0.2, 0) is 18.4 Å². The van der Waals surface area contributed by atoms with Crippen molar-refractivity contribution in [2.45, 2.75) is 143 Å². The molecule has 0 aromatic heterocycles. The molecule has 4 aliphatic rings. The Bertz CT molecular complexity index is 935. The van der Waals surface area contributed by atoms with Gasteiger partial charge in [0.05, 0.1) is 19.1 Å². The molecule has 3 saturated carbocycles. The summed E-state index contributed by atoms with van der Waals surface area (Å²) in [7, 11) is -1.76. The Morgan fingerprint density at radius 3 is 2.23 bits per heavy atom. The fraction of sp³-hybridized carbons (Fsp3) is 0.912. The zero-order valence-corrected chi connectivity index (χ0v) is 29.9. The molecule has 8 unspecified atom stereocenters. The summed E-state index contributed by atoms with van der Waals surface area (Å²) in [6.07, 6.45) is 15.6. The third-order valence-electron chi connectivity index (χ3n) is 11.7. The van der Waals surface area contributed by atoms with E-state index < -0.39 is 16.6 Å². The third-order valence-corrected chi connectivity index (χ3v) is 13.8. The number of hydrogen-bond donors (Lipinski definition) is 0. The van der Waals surface area contributed by atoms with E-state index in [1.165, 1.54) is 52.1 Å². The van der Waals surface area contributed by atoms with Crippen molar-refractivity contribution in [3.8, 4) is 0 Å². The first-order valence-corrected chi connectivity index (χ1v) is 23.4. The van der Waals surface area contributed by atoms with Crippen LogP contribution in [0, 0.1) is 46.3 Å². The van der Waals surface area contributed by atoms with Crippen molar-refractivity contribution in [2.75, 3.05) is 7.11 Å². The standard InChI is InChI=1S/C34H62O4Si2/c1-23(13-12-14-24(2)32(35)36-5)27-15-16-28-31-29(18-20-34(27,28)4)33(3)19-17-26(37-39(6,7)8)21-25(33)22-30(31)38-40(9,10)11/h22-24,26-31H,12-21H2,1-11H3/t23?,24?,26-,27?,28?,29?,30-,31?,33?,34?/m0/s1. The molecular weight excluding hydrogens is 529 g/mol. The summed E-state index contributed by atoms with van der Waals surface area (Å²) in [5.74, 6) is 3.55. The fourth-order valence-corrected chi connectivity index (χ4v) is 12.2. The van der Waals surface area contributed by atoms with E-state index in [9.17, 15) is 4.79 Å². The van der Waals surface area contributed by atoms with Gasteiger partial charge in [-0.05, 0) is 131 Å². The Labute approximate surface area is 249 Å². The lowest BCUT2D eigenvalue weighted by Gasteiger charge is -2.61. The van der Waals surface area contributed by atoms with E-state index in [0.29, 0.717) is 28.8 Å². The monoisotopic (exact) mass is 590 g/mol. The van der Waals surface area contributed by atoms with Crippen LogP contribution in [0.15, 0.2) is 11.6 Å². The van der Waals surface area contributed by atoms with Gasteiger partial charge in [0.25, 0.3) is 0 Å². The van der Waals surface area contributed by atoms with E-state index in [-0.39, 0.29) is 18.0 Å². The van der Waals surface area contributed by atoms with E-state index in [0.717, 1.165) is 37.0 Å². The zero-order chi connectivity index (χ0) is 29.7. The smallest absolute Gasteiger partial charge is 0.308 e. The molecule has 4 nitrogen and oxygen atoms in total. The van der Waals surface area contributed by atoms with Crippen LogP contribution in [0.4, 0.5) is 0 Å². The van der Waals surface area contributed by atoms with Crippen LogP contribution in [0.1, 0.15) is 91.9 Å². The number of hydrogen-bond acceptors (Lipinski definition) is 4. The number of esters is 1. The van der Waals surface area contributed by atoms with E-state index in [2.05, 4.69) is 66.1 Å². The molecule has 40 heavy (non-hydrogen) atoms. The maximum atomic E-state index is 11.9. The maximum absolute atomic E-state index is 11.9. The molecule has 10 atom stereocenters. The molecule has 0 aliphatic heterocycles. The first-order valence-electron chi connectivity index (χ1n) is 16.6. The van der Waals surface area contributed by atoms with E-state index >= 15 is 0 Å². The van der Waals surface area contributed by atoms with Crippen molar-refractivity contribution >= 4 is 22.6 Å². The van der Waals surface area contributed by atoms with Gasteiger partial charge in [0.15, 0.2) is 16.6 Å². The lowest BCUT2D eigenvalue weighted by Crippen LogP contribution is -2.57. The molecule has 0 aromatic rings. The summed E-state index contributed by atoms with van der Waals surface area (Å²) >= 11 is 0. The average Bonchev–Trinajstić information content (AvgIpc) is 3.19. The number of rotatable bonds is 10. The molecule has 0 aromatic carbocycles. The second kappa shape index (κ2) is 11.9. The van der Waals surface area contributed by atoms with Gasteiger partial charge in [0.2, 0.25) is 0 Å². The molecule has 4 aliphatic carbocycles. The van der Waals surface area contributed by atoms with Crippen molar-refractivity contribution < 1.29 is 18.4 Å². The topological polar surface area (TPSA) is 44.8 Å². The van der Waals surface area contributed by atoms with Crippen molar-refractivity contribution in [3.05, 3.63) is 11.6 Å². The summed E-state index contributed by atoms with van der Waals surface area (Å²) < 4.78 is 18.8. The molecule has 230 valence electrons. The Kier molecular flexibility index (Phi) is 9.68. The second-order valence-corrected chi connectivity index (χ2v) is 25.7. The molecule has 0 N–H and O–H groups in total. The zero-order valence-electron chi connectivity index (χ0n) is 27.9. The van der Waals surface area contributed by atoms with Crippen molar-refractivity contribution in [1.29, 1.82) is 0 Å². The molecule has 6 heteroatoms. The Morgan fingerprint density at radius 2 is 1.60 bits per heavy atom. The Hall–Kier alpha value is -0.436. The number of fused-ring (bicyclic) bond motifs is 5. The highest BCUT2D eigenvalue weighted by Crippen LogP contribution is 2.68. The fourth-order valence-electron chi connectivity index (χ4n) is 9.95. The highest BCUT2D eigenvalue weighted by atomic mass is 28.4. The minimum Gasteiger partial charge on any atom is -0.469 e. The lowest BCUT2D eigenvalue weighted by molar-refractivity contribution is -0.145. The molecular formula is C34H62O4Si2. The van der Waals surface area contributed by atoms with Crippen molar-refractivity contribution in [3.63, 3.8) is 0 Å². The minimum atomic E-state index is -1.71. The number of carbonyl (C=O) groups excluding carboxylic acids is 1. The first-order chi connectivity index (χ1) is 18.5. The van der Waals surface area contributed by atoms with E-state index in [1.807, 2.05) is 6.92 Å². The molecule has 0 bridgehead atoms. The van der Waals surface area contributed by atoms with Crippen LogP contribution in [0.3, 0.4) is 0 Å². The summed E-state index contributed by atoms with van der Waals surface area (Å²) in [6.45, 7) is 23.9. The molecule has 0 heterocycles. The minimum absolute atomic E-state index is 0.00854. The van der Waals surface area contributed by atoms with Crippen molar-refractivity contribution in [2.24, 2.45) is 46.3 Å². The highest BCUT2D eigenvalue weighted by Gasteiger charge is 2.61. The van der Waals surface area contributed by atoms with Crippen LogP contribution in [0.25, 0.3) is 0 Å². The third kappa shape index (κ3) is 6.70. The molecule has 0 spiro atoms. The van der Waals surface area contributed by atoms with Crippen LogP contribution < -0.4 is 0 Å². The van der Waals surface area contributed by atoms with Crippen LogP contribution in [0.2, 0.25) is 39.3 Å². The van der Waals surface area contributed by atoms with Gasteiger partial charge in [-0.15, -0.1) is 0 Å². The second-order valence-electron chi connectivity index (χ2n) is 16.8. The van der Waals surface area contributed by atoms with Crippen LogP contribution in [0.5, 0.6) is 0 Å². The first kappa shape index (κ1) is 32.5. The van der Waals surface area contributed by atoms with Crippen LogP contribution in [-0.4, -0.2) is 41.9 Å². The molecule has 4 rings (SSSR count). The molecule has 0 amide bonds. The van der Waals surface area contributed by atoms with Crippen LogP contribution >= 0.6 is 0 Å². The van der Waals surface area contributed by atoms with Gasteiger partial charge in [-0.3, -0.25) is 4.79 Å². The van der Waals surface area contributed by atoms with E-state index in [1.54, 1.807) is 5.57 Å². The van der Waals surface area contributed by atoms with Gasteiger partial charge in [0, 0.05) is 6.10 Å². The van der Waals surface area contributed by atoms with Gasteiger partial charge < -0.3 is 13.6 Å². The van der Waals surface area contributed by atoms with Gasteiger partial charge >= 0.3 is 5.97 Å². The molecule has 0 saturated heterocycles. The van der Waals surface area contributed by atoms with Gasteiger partial charge in [-0.1, -0.05) is 52.2 Å². The number of methoxy groups -OCH3 is 1. The lowest BCUT2D eigenvalue weighted by atomic mass is 9.46. The summed E-state index contributed by atoms with van der Waals surface area (Å²) in [6, 6.07) is 0. The average molecular weight is 591 g/mol. The highest BCUT2D eigenvalue weighted by molar-refractivity contribution is 6.70. The summed E-state index contributed by atoms with van der Waals surface area (Å²) in [5.41, 5.74) is 2.37. The Morgan fingerprint density at radius 1 is 0.925 bits per heavy atom. The summed E-state index contributed by atoms with van der Waals surface area (Å²) in [4.78, 5) is 11.9. The number of carbonyl (C=O) groups is 1. The molecule has 0 radical (unpaired) electrons. The maximum Gasteiger partial charge on any atom is 0.308 e. The predicted molar refractivity (Wildman–Crippen MR) is 171 cm³/mol. The van der Waals surface area contributed by atoms with Crippen molar-refractivity contribution in [1.82, 2.24) is 0 Å². The predicted octanol–water partition coefficient (Wildman–Crippen LogP) is 9.23. The Balaban J connectivity index is 1.55. The van der Waals surface area contributed by atoms with Gasteiger partial charge in [0.1, 0.15) is 0 Å². The summed E-state index contributed by atoms with van der Waals surface area (Å²) in [5, 5.41) is 0.